The van der Waals surface area contributed by atoms with Crippen LogP contribution in [0.25, 0.3) is 0 Å². The molecule has 284 valence electrons. The molecule has 3 N–H and O–H groups in total. The minimum Gasteiger partial charge on any atom is -0.483 e. The van der Waals surface area contributed by atoms with E-state index in [9.17, 15) is 14.4 Å². The number of carbonyl (C=O) groups excluding carboxylic acids is 3. The molecule has 9 heteroatoms. The van der Waals surface area contributed by atoms with Crippen LogP contribution in [0.15, 0.2) is 78.5 Å². The Bertz CT molecular complexity index is 2160. The highest BCUT2D eigenvalue weighted by molar-refractivity contribution is 6.07. The van der Waals surface area contributed by atoms with Gasteiger partial charge in [-0.25, -0.2) is 0 Å². The summed E-state index contributed by atoms with van der Waals surface area (Å²) in [7, 11) is 2.07. The second kappa shape index (κ2) is 17.1. The topological polar surface area (TPSA) is 103 Å². The lowest BCUT2D eigenvalue weighted by molar-refractivity contribution is -0.401. The summed E-state index contributed by atoms with van der Waals surface area (Å²) in [5, 5.41) is 8.63. The Morgan fingerprint density at radius 2 is 1.58 bits per heavy atom. The van der Waals surface area contributed by atoms with Crippen LogP contribution in [-0.4, -0.2) is 61.3 Å². The van der Waals surface area contributed by atoms with Crippen molar-refractivity contribution in [1.82, 2.24) is 16.0 Å². The first-order valence-corrected chi connectivity index (χ1v) is 19.4. The summed E-state index contributed by atoms with van der Waals surface area (Å²) in [6.07, 6.45) is 6.74. The number of ether oxygens (including phenoxy) is 1. The lowest BCUT2D eigenvalue weighted by atomic mass is 9.82. The van der Waals surface area contributed by atoms with Crippen molar-refractivity contribution in [3.8, 4) is 29.4 Å². The summed E-state index contributed by atoms with van der Waals surface area (Å²) in [5.41, 5.74) is 8.20. The molecule has 0 fully saturated rings. The Morgan fingerprint density at radius 1 is 0.855 bits per heavy atom. The van der Waals surface area contributed by atoms with Crippen LogP contribution >= 0.6 is 0 Å². The minimum absolute atomic E-state index is 0.0552. The molecule has 0 spiro atoms. The summed E-state index contributed by atoms with van der Waals surface area (Å²) in [5.74, 6) is 13.1. The van der Waals surface area contributed by atoms with Crippen molar-refractivity contribution in [2.75, 3.05) is 38.2 Å². The van der Waals surface area contributed by atoms with Gasteiger partial charge in [0, 0.05) is 84.2 Å². The molecule has 0 unspecified atom stereocenters. The van der Waals surface area contributed by atoms with E-state index in [4.69, 9.17) is 4.74 Å². The number of anilines is 1. The molecule has 3 aromatic carbocycles. The Labute approximate surface area is 325 Å². The maximum atomic E-state index is 12.5. The molecule has 0 radical (unpaired) electrons. The maximum Gasteiger partial charge on any atom is 0.257 e. The Balaban J connectivity index is 0.909. The lowest BCUT2D eigenvalue weighted by Crippen LogP contribution is -2.30. The quantitative estimate of drug-likeness (QED) is 0.103. The largest absolute Gasteiger partial charge is 0.483 e. The predicted molar refractivity (Wildman–Crippen MR) is 218 cm³/mol. The number of nitrogens with zero attached hydrogens (tertiary/aromatic N) is 2. The van der Waals surface area contributed by atoms with Crippen LogP contribution in [0.4, 0.5) is 11.4 Å². The van der Waals surface area contributed by atoms with Crippen molar-refractivity contribution in [3.63, 3.8) is 0 Å². The monoisotopic (exact) mass is 738 g/mol. The molecule has 55 heavy (non-hydrogen) atoms. The zero-order chi connectivity index (χ0) is 39.0. The van der Waals surface area contributed by atoms with E-state index in [-0.39, 0.29) is 35.2 Å². The van der Waals surface area contributed by atoms with Gasteiger partial charge in [0.1, 0.15) is 12.8 Å². The molecule has 3 heterocycles. The van der Waals surface area contributed by atoms with Gasteiger partial charge in [-0.1, -0.05) is 68.7 Å². The summed E-state index contributed by atoms with van der Waals surface area (Å²) in [6.45, 7) is 11.1. The third-order valence-corrected chi connectivity index (χ3v) is 10.9. The van der Waals surface area contributed by atoms with Crippen LogP contribution in [0.3, 0.4) is 0 Å². The van der Waals surface area contributed by atoms with E-state index in [0.29, 0.717) is 37.4 Å². The van der Waals surface area contributed by atoms with Crippen molar-refractivity contribution in [2.45, 2.75) is 83.6 Å². The lowest BCUT2D eigenvalue weighted by Gasteiger charge is -2.26. The average molecular weight is 739 g/mol. The molecule has 3 aliphatic heterocycles. The van der Waals surface area contributed by atoms with Crippen molar-refractivity contribution >= 4 is 34.8 Å². The molecular weight excluding hydrogens is 687 g/mol. The van der Waals surface area contributed by atoms with Crippen LogP contribution in [0.5, 0.6) is 5.75 Å². The fraction of sp³-hybridized carbons (Fsp3) is 0.391. The minimum atomic E-state index is -0.220. The molecule has 0 saturated heterocycles. The molecule has 0 saturated carbocycles. The molecule has 0 aromatic heterocycles. The number of allylic oxidation sites excluding steroid dienone is 2. The predicted octanol–water partition coefficient (Wildman–Crippen LogP) is 6.28. The third kappa shape index (κ3) is 8.63. The van der Waals surface area contributed by atoms with Gasteiger partial charge >= 0.3 is 0 Å². The van der Waals surface area contributed by atoms with Gasteiger partial charge in [0.25, 0.3) is 11.8 Å². The van der Waals surface area contributed by atoms with E-state index >= 15 is 0 Å². The molecule has 6 rings (SSSR count). The highest BCUT2D eigenvalue weighted by Gasteiger charge is 2.43. The first kappa shape index (κ1) is 38.9. The van der Waals surface area contributed by atoms with Gasteiger partial charge in [-0.3, -0.25) is 14.4 Å². The number of rotatable bonds is 14. The molecule has 0 bridgehead atoms. The van der Waals surface area contributed by atoms with Crippen molar-refractivity contribution < 1.29 is 23.7 Å². The van der Waals surface area contributed by atoms with Gasteiger partial charge in [-0.15, -0.1) is 0 Å². The first-order chi connectivity index (χ1) is 26.5. The summed E-state index contributed by atoms with van der Waals surface area (Å²) in [6, 6.07) is 22.3. The average Bonchev–Trinajstić information content (AvgIpc) is 3.73. The molecule has 0 aliphatic carbocycles. The van der Waals surface area contributed by atoms with E-state index in [0.717, 1.165) is 55.6 Å². The van der Waals surface area contributed by atoms with E-state index in [1.165, 1.54) is 22.5 Å². The normalized spacial score (nSPS) is 16.3. The van der Waals surface area contributed by atoms with Gasteiger partial charge < -0.3 is 25.6 Å². The number of unbranched alkanes of at least 4 members (excludes halogenated alkanes) is 3. The second-order valence-corrected chi connectivity index (χ2v) is 15.4. The number of benzene rings is 3. The van der Waals surface area contributed by atoms with Gasteiger partial charge in [-0.2, -0.15) is 4.58 Å². The van der Waals surface area contributed by atoms with Crippen molar-refractivity contribution in [3.05, 3.63) is 101 Å². The standard InChI is InChI=1S/C46H51N5O4/c1-45(2)35-20-11-13-22-37(35)50(5)40(45)25-8-6-9-26-41-46(3,4)36-21-12-14-23-38(36)51(41)30-17-7-10-27-42(52)47-28-15-16-29-48-43(53)32-55-39-24-18-19-33-34(39)31-49-44(33)54/h11-14,18-24,26H,7,10,15-17,27-32H2,1-5H3,(H2-,47,48,49,52,53,54)/p+1. The van der Waals surface area contributed by atoms with Gasteiger partial charge in [-0.05, 0) is 75.1 Å². The molecule has 9 nitrogen and oxygen atoms in total. The Morgan fingerprint density at radius 3 is 2.36 bits per heavy atom. The zero-order valence-corrected chi connectivity index (χ0v) is 32.7. The highest BCUT2D eigenvalue weighted by atomic mass is 16.5. The number of amides is 3. The van der Waals surface area contributed by atoms with E-state index in [1.807, 2.05) is 6.08 Å². The van der Waals surface area contributed by atoms with Crippen LogP contribution in [0.2, 0.25) is 0 Å². The molecule has 3 amide bonds. The number of fused-ring (bicyclic) bond motifs is 3. The fourth-order valence-electron chi connectivity index (χ4n) is 7.86. The number of carbonyl (C=O) groups is 3. The van der Waals surface area contributed by atoms with Crippen LogP contribution < -0.4 is 25.6 Å². The van der Waals surface area contributed by atoms with E-state index < -0.39 is 0 Å². The molecular formula is C46H52N5O4+. The number of hydrogen-bond acceptors (Lipinski definition) is 5. The number of hydrogen-bond donors (Lipinski definition) is 3. The summed E-state index contributed by atoms with van der Waals surface area (Å²) in [4.78, 5) is 39.0. The molecule has 3 aromatic rings. The number of para-hydroxylation sites is 2. The molecule has 3 aliphatic rings. The highest BCUT2D eigenvalue weighted by Crippen LogP contribution is 2.47. The SMILES string of the molecule is C[N+]1=C(C#CC#C/C=C2\N(CCCCCC(=O)NCCCCNC(=O)COc3cccc4c3CNC4=O)c3ccccc3C2(C)C)C(C)(C)c2ccccc21. The summed E-state index contributed by atoms with van der Waals surface area (Å²) < 4.78 is 7.83. The van der Waals surface area contributed by atoms with E-state index in [1.54, 1.807) is 18.2 Å². The number of nitrogens with one attached hydrogen (secondary N) is 3. The smallest absolute Gasteiger partial charge is 0.257 e. The maximum absolute atomic E-state index is 12.5. The van der Waals surface area contributed by atoms with Gasteiger partial charge in [0.15, 0.2) is 6.61 Å². The summed E-state index contributed by atoms with van der Waals surface area (Å²) >= 11 is 0. The van der Waals surface area contributed by atoms with Gasteiger partial charge in [0.05, 0.1) is 5.41 Å². The zero-order valence-electron chi connectivity index (χ0n) is 32.7. The van der Waals surface area contributed by atoms with Crippen molar-refractivity contribution in [1.29, 1.82) is 0 Å². The van der Waals surface area contributed by atoms with Crippen molar-refractivity contribution in [2.24, 2.45) is 0 Å². The first-order valence-electron chi connectivity index (χ1n) is 19.4. The third-order valence-electron chi connectivity index (χ3n) is 10.9. The Hall–Kier alpha value is -5.80. The van der Waals surface area contributed by atoms with Crippen LogP contribution in [-0.2, 0) is 27.0 Å². The van der Waals surface area contributed by atoms with Crippen LogP contribution in [0.1, 0.15) is 93.3 Å². The Kier molecular flexibility index (Phi) is 12.1. The van der Waals surface area contributed by atoms with E-state index in [2.05, 4.69) is 132 Å². The van der Waals surface area contributed by atoms with Crippen LogP contribution in [0, 0.1) is 23.7 Å². The second-order valence-electron chi connectivity index (χ2n) is 15.4. The molecule has 0 atom stereocenters. The fourth-order valence-corrected chi connectivity index (χ4v) is 7.86. The van der Waals surface area contributed by atoms with Gasteiger partial charge in [0.2, 0.25) is 17.3 Å².